The van der Waals surface area contributed by atoms with Crippen molar-refractivity contribution in [2.24, 2.45) is 0 Å². The second-order valence-corrected chi connectivity index (χ2v) is 7.70. The molecule has 14 heteroatoms. The highest BCUT2D eigenvalue weighted by atomic mass is 19.4. The number of nitriles is 1. The average molecular weight is 490 g/mol. The Hall–Kier alpha value is -3.50. The zero-order valence-electron chi connectivity index (χ0n) is 17.9. The van der Waals surface area contributed by atoms with Crippen LogP contribution in [0.3, 0.4) is 0 Å². The van der Waals surface area contributed by atoms with E-state index in [1.165, 1.54) is 13.1 Å². The summed E-state index contributed by atoms with van der Waals surface area (Å²) in [4.78, 5) is 18.2. The maximum Gasteiger partial charge on any atom is 0.417 e. The Morgan fingerprint density at radius 2 is 2.06 bits per heavy atom. The quantitative estimate of drug-likeness (QED) is 0.636. The van der Waals surface area contributed by atoms with Crippen molar-refractivity contribution in [2.75, 3.05) is 31.6 Å². The van der Waals surface area contributed by atoms with Crippen molar-refractivity contribution < 1.29 is 35.7 Å². The van der Waals surface area contributed by atoms with E-state index in [1.54, 1.807) is 4.90 Å². The number of piperidine rings is 1. The number of amides is 2. The third-order valence-corrected chi connectivity index (χ3v) is 5.25. The van der Waals surface area contributed by atoms with Crippen LogP contribution < -0.4 is 10.2 Å². The molecule has 1 unspecified atom stereocenters. The molecule has 0 saturated carbocycles. The van der Waals surface area contributed by atoms with E-state index in [0.717, 1.165) is 12.1 Å². The molecule has 1 saturated heterocycles. The van der Waals surface area contributed by atoms with E-state index < -0.39 is 42.3 Å². The Labute approximate surface area is 190 Å². The van der Waals surface area contributed by atoms with Gasteiger partial charge in [0.05, 0.1) is 29.7 Å². The number of hydrogen-bond acceptors (Lipinski definition) is 6. The number of aromatic nitrogens is 2. The van der Waals surface area contributed by atoms with Crippen LogP contribution in [0.15, 0.2) is 22.7 Å². The predicted molar refractivity (Wildman–Crippen MR) is 106 cm³/mol. The highest BCUT2D eigenvalue weighted by Crippen LogP contribution is 2.35. The molecule has 0 spiro atoms. The van der Waals surface area contributed by atoms with Gasteiger partial charge in [0.1, 0.15) is 6.54 Å². The van der Waals surface area contributed by atoms with Crippen LogP contribution in [0.1, 0.15) is 41.6 Å². The molecule has 0 bridgehead atoms. The van der Waals surface area contributed by atoms with Crippen molar-refractivity contribution in [3.8, 4) is 6.07 Å². The Morgan fingerprint density at radius 1 is 1.32 bits per heavy atom. The lowest BCUT2D eigenvalue weighted by Gasteiger charge is -2.30. The number of halogens is 6. The van der Waals surface area contributed by atoms with Gasteiger partial charge in [0, 0.05) is 25.8 Å². The number of hydrogen-bond donors (Lipinski definition) is 1. The van der Waals surface area contributed by atoms with Gasteiger partial charge in [-0.25, -0.2) is 4.79 Å². The number of anilines is 1. The minimum Gasteiger partial charge on any atom is -0.355 e. The first-order chi connectivity index (χ1) is 15.9. The largest absolute Gasteiger partial charge is 0.417 e. The summed E-state index contributed by atoms with van der Waals surface area (Å²) < 4.78 is 84.7. The van der Waals surface area contributed by atoms with Crippen molar-refractivity contribution in [2.45, 2.75) is 37.7 Å². The molecule has 0 radical (unpaired) electrons. The average Bonchev–Trinajstić information content (AvgIpc) is 3.25. The highest BCUT2D eigenvalue weighted by molar-refractivity contribution is 5.73. The van der Waals surface area contributed by atoms with E-state index in [0.29, 0.717) is 30.4 Å². The molecule has 2 aromatic rings. The van der Waals surface area contributed by atoms with Gasteiger partial charge >= 0.3 is 18.4 Å². The Morgan fingerprint density at radius 3 is 2.68 bits per heavy atom. The predicted octanol–water partition coefficient (Wildman–Crippen LogP) is 4.05. The Balaban J connectivity index is 1.85. The standard InChI is InChI=1S/C20H20F6N6O2/c1-28-18(33)31-6-2-3-13(9-31)17-29-16(30-34-17)10-32(11-19(21,22)23)14-5-4-12(8-27)15(7-14)20(24,25)26/h4-5,7,13H,2-3,6,9-11H2,1H3,(H,28,33). The van der Waals surface area contributed by atoms with E-state index in [2.05, 4.69) is 15.5 Å². The van der Waals surface area contributed by atoms with Crippen LogP contribution in [0.5, 0.6) is 0 Å². The maximum atomic E-state index is 13.3. The summed E-state index contributed by atoms with van der Waals surface area (Å²) in [6.45, 7) is -1.36. The van der Waals surface area contributed by atoms with Crippen molar-refractivity contribution in [1.29, 1.82) is 5.26 Å². The zero-order chi connectivity index (χ0) is 25.1. The molecule has 0 aliphatic carbocycles. The molecule has 1 aliphatic rings. The van der Waals surface area contributed by atoms with Gasteiger partial charge < -0.3 is 19.6 Å². The van der Waals surface area contributed by atoms with Crippen LogP contribution >= 0.6 is 0 Å². The lowest BCUT2D eigenvalue weighted by atomic mass is 9.98. The number of benzene rings is 1. The lowest BCUT2D eigenvalue weighted by molar-refractivity contribution is -0.137. The molecule has 8 nitrogen and oxygen atoms in total. The fraction of sp³-hybridized carbons (Fsp3) is 0.500. The highest BCUT2D eigenvalue weighted by Gasteiger charge is 2.36. The first-order valence-corrected chi connectivity index (χ1v) is 10.1. The van der Waals surface area contributed by atoms with Crippen molar-refractivity contribution in [1.82, 2.24) is 20.4 Å². The van der Waals surface area contributed by atoms with Crippen molar-refractivity contribution >= 4 is 11.7 Å². The van der Waals surface area contributed by atoms with E-state index in [1.807, 2.05) is 0 Å². The summed E-state index contributed by atoms with van der Waals surface area (Å²) in [6.07, 6.45) is -8.40. The third-order valence-electron chi connectivity index (χ3n) is 5.25. The van der Waals surface area contributed by atoms with Crippen LogP contribution in [0.2, 0.25) is 0 Å². The molecule has 1 fully saturated rings. The molecule has 1 N–H and O–H groups in total. The van der Waals surface area contributed by atoms with E-state index in [9.17, 15) is 31.1 Å². The van der Waals surface area contributed by atoms with Gasteiger partial charge in [0.15, 0.2) is 5.82 Å². The number of likely N-dealkylation sites (tertiary alicyclic amines) is 1. The molecule has 2 heterocycles. The molecule has 1 aliphatic heterocycles. The van der Waals surface area contributed by atoms with Crippen LogP contribution in [0.4, 0.5) is 36.8 Å². The van der Waals surface area contributed by atoms with Crippen LogP contribution in [0, 0.1) is 11.3 Å². The smallest absolute Gasteiger partial charge is 0.355 e. The van der Waals surface area contributed by atoms with E-state index in [-0.39, 0.29) is 30.2 Å². The van der Waals surface area contributed by atoms with Gasteiger partial charge in [-0.3, -0.25) is 0 Å². The molecular formula is C20H20F6N6O2. The molecule has 1 atom stereocenters. The normalized spacial score (nSPS) is 16.8. The minimum absolute atomic E-state index is 0.131. The summed E-state index contributed by atoms with van der Waals surface area (Å²) in [5.74, 6) is -0.351. The second kappa shape index (κ2) is 9.78. The lowest BCUT2D eigenvalue weighted by Crippen LogP contribution is -2.43. The van der Waals surface area contributed by atoms with Gasteiger partial charge in [0.2, 0.25) is 5.89 Å². The van der Waals surface area contributed by atoms with Crippen molar-refractivity contribution in [3.63, 3.8) is 0 Å². The van der Waals surface area contributed by atoms with Gasteiger partial charge in [-0.15, -0.1) is 0 Å². The summed E-state index contributed by atoms with van der Waals surface area (Å²) in [5, 5.41) is 15.1. The number of carbonyl (C=O) groups excluding carboxylic acids is 1. The third kappa shape index (κ3) is 6.09. The fourth-order valence-corrected chi connectivity index (χ4v) is 3.71. The molecule has 1 aromatic carbocycles. The molecule has 184 valence electrons. The number of urea groups is 1. The summed E-state index contributed by atoms with van der Waals surface area (Å²) >= 11 is 0. The Bertz CT molecular complexity index is 1060. The summed E-state index contributed by atoms with van der Waals surface area (Å²) in [6, 6.07) is 3.41. The fourth-order valence-electron chi connectivity index (χ4n) is 3.71. The maximum absolute atomic E-state index is 13.3. The second-order valence-electron chi connectivity index (χ2n) is 7.70. The first-order valence-electron chi connectivity index (χ1n) is 10.1. The SMILES string of the molecule is CNC(=O)N1CCCC(c2nc(CN(CC(F)(F)F)c3ccc(C#N)c(C(F)(F)F)c3)no2)C1. The van der Waals surface area contributed by atoms with Gasteiger partial charge in [-0.2, -0.15) is 36.6 Å². The van der Waals surface area contributed by atoms with Crippen LogP contribution in [0.25, 0.3) is 0 Å². The van der Waals surface area contributed by atoms with Gasteiger partial charge in [-0.05, 0) is 31.0 Å². The zero-order valence-corrected chi connectivity index (χ0v) is 17.9. The minimum atomic E-state index is -4.93. The number of nitrogens with one attached hydrogen (secondary N) is 1. The molecule has 1 aromatic heterocycles. The summed E-state index contributed by atoms with van der Waals surface area (Å²) in [7, 11) is 1.49. The van der Waals surface area contributed by atoms with E-state index >= 15 is 0 Å². The van der Waals surface area contributed by atoms with Crippen LogP contribution in [-0.4, -0.2) is 53.9 Å². The summed E-state index contributed by atoms with van der Waals surface area (Å²) in [5.41, 5.74) is -2.45. The monoisotopic (exact) mass is 490 g/mol. The number of nitrogens with zero attached hydrogens (tertiary/aromatic N) is 5. The molecule has 34 heavy (non-hydrogen) atoms. The topological polar surface area (TPSA) is 98.3 Å². The Kier molecular flexibility index (Phi) is 7.23. The van der Waals surface area contributed by atoms with E-state index in [4.69, 9.17) is 9.78 Å². The molecular weight excluding hydrogens is 470 g/mol. The number of rotatable bonds is 5. The van der Waals surface area contributed by atoms with Crippen LogP contribution in [-0.2, 0) is 12.7 Å². The van der Waals surface area contributed by atoms with Gasteiger partial charge in [0.25, 0.3) is 0 Å². The number of alkyl halides is 6. The first kappa shape index (κ1) is 25.1. The molecule has 2 amide bonds. The van der Waals surface area contributed by atoms with Crippen molar-refractivity contribution in [3.05, 3.63) is 41.0 Å². The van der Waals surface area contributed by atoms with Gasteiger partial charge in [-0.1, -0.05) is 5.16 Å². The number of carbonyl (C=O) groups is 1. The molecule has 3 rings (SSSR count).